The minimum Gasteiger partial charge on any atom is -0.450 e. The second kappa shape index (κ2) is 5.67. The van der Waals surface area contributed by atoms with E-state index in [1.165, 1.54) is 0 Å². The van der Waals surface area contributed by atoms with Crippen LogP contribution < -0.4 is 5.32 Å². The monoisotopic (exact) mass is 309 g/mol. The molecule has 1 aromatic carbocycles. The van der Waals surface area contributed by atoms with Crippen molar-refractivity contribution >= 4 is 21.9 Å². The molecule has 0 bridgehead atoms. The lowest BCUT2D eigenvalue weighted by Crippen LogP contribution is -2.43. The zero-order valence-corrected chi connectivity index (χ0v) is 11.7. The Morgan fingerprint density at radius 1 is 1.28 bits per heavy atom. The van der Waals surface area contributed by atoms with Crippen LogP contribution in [0, 0.1) is 0 Å². The van der Waals surface area contributed by atoms with Crippen LogP contribution in [-0.2, 0) is 15.1 Å². The summed E-state index contributed by atoms with van der Waals surface area (Å²) >= 11 is 3.08. The van der Waals surface area contributed by atoms with Crippen molar-refractivity contribution in [1.29, 1.82) is 0 Å². The molecule has 96 valence electrons. The van der Waals surface area contributed by atoms with E-state index in [-0.39, 0.29) is 10.5 Å². The number of halogens is 1. The lowest BCUT2D eigenvalue weighted by molar-refractivity contribution is -0.158. The fourth-order valence-electron chi connectivity index (χ4n) is 2.25. The first-order valence-electron chi connectivity index (χ1n) is 5.98. The van der Waals surface area contributed by atoms with Gasteiger partial charge in [-0.05, 0) is 34.6 Å². The number of carbonyl (C=O) groups is 1. The molecule has 0 atom stereocenters. The molecule has 18 heavy (non-hydrogen) atoms. The van der Waals surface area contributed by atoms with Crippen LogP contribution in [0.5, 0.6) is 0 Å². The van der Waals surface area contributed by atoms with E-state index in [4.69, 9.17) is 4.74 Å². The summed E-state index contributed by atoms with van der Waals surface area (Å²) in [5.74, 6) is -0.388. The van der Waals surface area contributed by atoms with Crippen molar-refractivity contribution < 1.29 is 9.53 Å². The molecule has 1 aliphatic rings. The van der Waals surface area contributed by atoms with Gasteiger partial charge in [-0.2, -0.15) is 0 Å². The first-order chi connectivity index (χ1) is 8.64. The van der Waals surface area contributed by atoms with E-state index in [9.17, 15) is 4.79 Å². The third-order valence-electron chi connectivity index (χ3n) is 3.22. The van der Waals surface area contributed by atoms with E-state index in [0.717, 1.165) is 31.5 Å². The summed E-state index contributed by atoms with van der Waals surface area (Å²) in [5.41, 5.74) is 0.522. The van der Waals surface area contributed by atoms with Crippen LogP contribution in [-0.4, -0.2) is 19.1 Å². The van der Waals surface area contributed by atoms with Gasteiger partial charge in [-0.3, -0.25) is 0 Å². The number of esters is 1. The van der Waals surface area contributed by atoms with Crippen molar-refractivity contribution in [3.63, 3.8) is 0 Å². The van der Waals surface area contributed by atoms with Crippen LogP contribution in [0.2, 0.25) is 0 Å². The maximum Gasteiger partial charge on any atom is 0.345 e. The molecule has 1 saturated heterocycles. The molecule has 1 aromatic rings. The smallest absolute Gasteiger partial charge is 0.345 e. The molecule has 1 N–H and O–H groups in total. The second-order valence-electron chi connectivity index (χ2n) is 4.40. The summed E-state index contributed by atoms with van der Waals surface area (Å²) in [4.78, 5) is 11.8. The topological polar surface area (TPSA) is 38.3 Å². The summed E-state index contributed by atoms with van der Waals surface area (Å²) < 4.78 is 5.96. The molecule has 0 saturated carbocycles. The number of hydrogen-bond donors (Lipinski definition) is 1. The molecule has 2 rings (SSSR count). The largest absolute Gasteiger partial charge is 0.450 e. The van der Waals surface area contributed by atoms with Gasteiger partial charge in [0.05, 0.1) is 4.48 Å². The molecular formula is C14H16BrNO2. The second-order valence-corrected chi connectivity index (χ2v) is 5.36. The van der Waals surface area contributed by atoms with Crippen LogP contribution in [0.25, 0.3) is 0 Å². The molecule has 0 amide bonds. The van der Waals surface area contributed by atoms with Gasteiger partial charge in [-0.1, -0.05) is 36.9 Å². The van der Waals surface area contributed by atoms with E-state index in [1.54, 1.807) is 0 Å². The lowest BCUT2D eigenvalue weighted by Gasteiger charge is -2.37. The Labute approximate surface area is 115 Å². The Balaban J connectivity index is 2.29. The molecule has 0 spiro atoms. The van der Waals surface area contributed by atoms with Crippen LogP contribution >= 0.6 is 15.9 Å². The minimum absolute atomic E-state index is 0.260. The zero-order chi connectivity index (χ0) is 13.0. The van der Waals surface area contributed by atoms with Crippen molar-refractivity contribution in [2.24, 2.45) is 0 Å². The fraction of sp³-hybridized carbons (Fsp3) is 0.357. The van der Waals surface area contributed by atoms with Crippen LogP contribution in [0.3, 0.4) is 0 Å². The molecule has 0 aliphatic carbocycles. The molecule has 1 fully saturated rings. The summed E-state index contributed by atoms with van der Waals surface area (Å²) in [6.07, 6.45) is 1.56. The maximum absolute atomic E-state index is 11.8. The Morgan fingerprint density at radius 3 is 2.44 bits per heavy atom. The van der Waals surface area contributed by atoms with Gasteiger partial charge in [0, 0.05) is 12.8 Å². The zero-order valence-electron chi connectivity index (χ0n) is 10.1. The van der Waals surface area contributed by atoms with Crippen molar-refractivity contribution in [3.8, 4) is 0 Å². The molecular weight excluding hydrogens is 294 g/mol. The third kappa shape index (κ3) is 2.82. The number of carbonyl (C=O) groups excluding carboxylic acids is 1. The first-order valence-corrected chi connectivity index (χ1v) is 6.77. The number of rotatable bonds is 3. The van der Waals surface area contributed by atoms with Crippen molar-refractivity contribution in [1.82, 2.24) is 5.32 Å². The van der Waals surface area contributed by atoms with Gasteiger partial charge in [-0.15, -0.1) is 0 Å². The van der Waals surface area contributed by atoms with Gasteiger partial charge in [0.1, 0.15) is 5.60 Å². The SMILES string of the molecule is C=C(Br)C(=O)OC1(c2ccccc2)CCNCC1. The summed E-state index contributed by atoms with van der Waals surface area (Å²) in [7, 11) is 0. The van der Waals surface area contributed by atoms with E-state index in [1.807, 2.05) is 30.3 Å². The van der Waals surface area contributed by atoms with Crippen LogP contribution in [0.15, 0.2) is 41.4 Å². The first kappa shape index (κ1) is 13.3. The number of benzene rings is 1. The van der Waals surface area contributed by atoms with Crippen molar-refractivity contribution in [2.45, 2.75) is 18.4 Å². The molecule has 0 aromatic heterocycles. The van der Waals surface area contributed by atoms with Gasteiger partial charge in [-0.25, -0.2) is 4.79 Å². The lowest BCUT2D eigenvalue weighted by atomic mass is 9.85. The number of ether oxygens (including phenoxy) is 1. The fourth-order valence-corrected chi connectivity index (χ4v) is 2.34. The molecule has 0 unspecified atom stereocenters. The van der Waals surface area contributed by atoms with Crippen LogP contribution in [0.1, 0.15) is 18.4 Å². The van der Waals surface area contributed by atoms with Crippen molar-refractivity contribution in [3.05, 3.63) is 47.0 Å². The molecule has 1 heterocycles. The normalized spacial score (nSPS) is 18.1. The third-order valence-corrected chi connectivity index (χ3v) is 3.54. The van der Waals surface area contributed by atoms with Gasteiger partial charge in [0.25, 0.3) is 0 Å². The Morgan fingerprint density at radius 2 is 1.89 bits per heavy atom. The van der Waals surface area contributed by atoms with E-state index in [2.05, 4.69) is 27.8 Å². The Hall–Kier alpha value is -1.13. The average Bonchev–Trinajstić information content (AvgIpc) is 2.40. The van der Waals surface area contributed by atoms with Crippen LogP contribution in [0.4, 0.5) is 0 Å². The predicted molar refractivity (Wildman–Crippen MR) is 74.4 cm³/mol. The average molecular weight is 310 g/mol. The quantitative estimate of drug-likeness (QED) is 0.689. The number of nitrogens with one attached hydrogen (secondary N) is 1. The van der Waals surface area contributed by atoms with Gasteiger partial charge >= 0.3 is 5.97 Å². The van der Waals surface area contributed by atoms with E-state index in [0.29, 0.717) is 0 Å². The summed E-state index contributed by atoms with van der Waals surface area (Å²) in [6.45, 7) is 5.26. The highest BCUT2D eigenvalue weighted by molar-refractivity contribution is 9.12. The molecule has 0 radical (unpaired) electrons. The highest BCUT2D eigenvalue weighted by Crippen LogP contribution is 2.35. The van der Waals surface area contributed by atoms with E-state index < -0.39 is 5.60 Å². The van der Waals surface area contributed by atoms with Gasteiger partial charge in [0.15, 0.2) is 0 Å². The predicted octanol–water partition coefficient (Wildman–Crippen LogP) is 2.72. The standard InChI is InChI=1S/C14H16BrNO2/c1-11(15)13(17)18-14(7-9-16-10-8-14)12-5-3-2-4-6-12/h2-6,16H,1,7-10H2. The van der Waals surface area contributed by atoms with Gasteiger partial charge < -0.3 is 10.1 Å². The minimum atomic E-state index is -0.527. The maximum atomic E-state index is 11.8. The molecule has 4 heteroatoms. The molecule has 1 aliphatic heterocycles. The Kier molecular flexibility index (Phi) is 4.19. The van der Waals surface area contributed by atoms with Gasteiger partial charge in [0.2, 0.25) is 0 Å². The number of hydrogen-bond acceptors (Lipinski definition) is 3. The summed E-state index contributed by atoms with van der Waals surface area (Å²) in [6, 6.07) is 9.92. The Bertz CT molecular complexity index is 438. The van der Waals surface area contributed by atoms with Crippen molar-refractivity contribution in [2.75, 3.05) is 13.1 Å². The van der Waals surface area contributed by atoms with E-state index >= 15 is 0 Å². The summed E-state index contributed by atoms with van der Waals surface area (Å²) in [5, 5.41) is 3.29. The molecule has 3 nitrogen and oxygen atoms in total. The number of piperidine rings is 1. The highest BCUT2D eigenvalue weighted by Gasteiger charge is 2.37. The highest BCUT2D eigenvalue weighted by atomic mass is 79.9.